The predicted octanol–water partition coefficient (Wildman–Crippen LogP) is 2.20. The van der Waals surface area contributed by atoms with E-state index in [1.54, 1.807) is 30.3 Å². The summed E-state index contributed by atoms with van der Waals surface area (Å²) in [6, 6.07) is 11.6. The number of nitro benzene ring substituents is 1. The lowest BCUT2D eigenvalue weighted by Crippen LogP contribution is -2.62. The van der Waals surface area contributed by atoms with Gasteiger partial charge in [-0.05, 0) is 17.5 Å². The van der Waals surface area contributed by atoms with Crippen LogP contribution in [0, 0.1) is 25.6 Å². The van der Waals surface area contributed by atoms with Gasteiger partial charge in [0.2, 0.25) is 11.5 Å². The number of methoxy groups -OCH3 is 2. The van der Waals surface area contributed by atoms with Crippen molar-refractivity contribution in [3.63, 3.8) is 0 Å². The van der Waals surface area contributed by atoms with Crippen molar-refractivity contribution in [1.82, 2.24) is 0 Å². The fourth-order valence-corrected chi connectivity index (χ4v) is 4.82. The Hall–Kier alpha value is -3.86. The number of rotatable bonds is 6. The topological polar surface area (TPSA) is 159 Å². The Kier molecular flexibility index (Phi) is 6.73. The zero-order valence-corrected chi connectivity index (χ0v) is 17.8. The van der Waals surface area contributed by atoms with Crippen LogP contribution in [-0.2, 0) is 19.1 Å². The summed E-state index contributed by atoms with van der Waals surface area (Å²) in [7, 11) is 1.96. The zero-order chi connectivity index (χ0) is 24.3. The summed E-state index contributed by atoms with van der Waals surface area (Å²) in [6.45, 7) is 0. The van der Waals surface area contributed by atoms with Crippen molar-refractivity contribution in [1.29, 1.82) is 0 Å². The minimum atomic E-state index is -2.51. The fourth-order valence-electron chi connectivity index (χ4n) is 4.82. The summed E-state index contributed by atoms with van der Waals surface area (Å²) in [5.74, 6) is -4.99. The minimum Gasteiger partial charge on any atom is -0.468 e. The average Bonchev–Trinajstić information content (AvgIpc) is 2.82. The molecule has 33 heavy (non-hydrogen) atoms. The SMILES string of the molecule is COC(=O)C1(C(=O)OC)[C@@H](O)C[C@H](c2ccccc2)[C@H]([N+](=O)[O-])[C@@H]1c1cccc([N+](=O)[O-])c1. The van der Waals surface area contributed by atoms with Gasteiger partial charge in [0.1, 0.15) is 0 Å². The highest BCUT2D eigenvalue weighted by Crippen LogP contribution is 2.54. The van der Waals surface area contributed by atoms with Crippen LogP contribution in [0.4, 0.5) is 5.69 Å². The van der Waals surface area contributed by atoms with Crippen molar-refractivity contribution in [2.45, 2.75) is 30.4 Å². The first-order valence-electron chi connectivity index (χ1n) is 9.97. The minimum absolute atomic E-state index is 0.0404. The van der Waals surface area contributed by atoms with Crippen molar-refractivity contribution in [3.05, 3.63) is 86.0 Å². The molecule has 0 unspecified atom stereocenters. The number of aliphatic hydroxyl groups excluding tert-OH is 1. The van der Waals surface area contributed by atoms with E-state index in [0.29, 0.717) is 5.56 Å². The van der Waals surface area contributed by atoms with Crippen molar-refractivity contribution in [3.8, 4) is 0 Å². The molecule has 0 bridgehead atoms. The van der Waals surface area contributed by atoms with Crippen molar-refractivity contribution in [2.24, 2.45) is 5.41 Å². The number of non-ortho nitro benzene ring substituents is 1. The molecule has 11 heteroatoms. The van der Waals surface area contributed by atoms with Gasteiger partial charge in [-0.15, -0.1) is 0 Å². The Labute approximate surface area is 188 Å². The number of ether oxygens (including phenoxy) is 2. The zero-order valence-electron chi connectivity index (χ0n) is 17.8. The molecular formula is C22H22N2O9. The molecule has 0 amide bonds. The Morgan fingerprint density at radius 3 is 2.06 bits per heavy atom. The molecule has 2 aromatic carbocycles. The van der Waals surface area contributed by atoms with Gasteiger partial charge >= 0.3 is 11.9 Å². The molecule has 0 aromatic heterocycles. The highest BCUT2D eigenvalue weighted by Gasteiger charge is 2.69. The molecule has 0 radical (unpaired) electrons. The maximum atomic E-state index is 13.1. The molecule has 0 saturated heterocycles. The van der Waals surface area contributed by atoms with Gasteiger partial charge in [-0.3, -0.25) is 29.8 Å². The Balaban J connectivity index is 2.37. The number of nitrogens with zero attached hydrogens (tertiary/aromatic N) is 2. The first-order chi connectivity index (χ1) is 15.7. The summed E-state index contributed by atoms with van der Waals surface area (Å²) >= 11 is 0. The second kappa shape index (κ2) is 9.33. The Morgan fingerprint density at radius 2 is 1.55 bits per heavy atom. The molecule has 3 rings (SSSR count). The number of benzene rings is 2. The third-order valence-corrected chi connectivity index (χ3v) is 6.20. The standard InChI is InChI=1S/C22H22N2O9/c1-32-20(26)22(21(27)33-2)17(25)12-16(13-7-4-3-5-8-13)19(24(30)31)18(22)14-9-6-10-15(11-14)23(28)29/h3-11,16-19,25H,12H2,1-2H3/t16-,17+,18+,19+/m1/s1. The number of carbonyl (C=O) groups excluding carboxylic acids is 2. The number of hydrogen-bond donors (Lipinski definition) is 1. The van der Waals surface area contributed by atoms with Gasteiger partial charge in [0, 0.05) is 17.1 Å². The van der Waals surface area contributed by atoms with Crippen LogP contribution in [0.1, 0.15) is 29.4 Å². The molecule has 0 spiro atoms. The predicted molar refractivity (Wildman–Crippen MR) is 113 cm³/mol. The summed E-state index contributed by atoms with van der Waals surface area (Å²) < 4.78 is 9.66. The van der Waals surface area contributed by atoms with Crippen LogP contribution in [0.3, 0.4) is 0 Å². The lowest BCUT2D eigenvalue weighted by Gasteiger charge is -2.46. The van der Waals surface area contributed by atoms with Crippen LogP contribution < -0.4 is 0 Å². The van der Waals surface area contributed by atoms with Crippen LogP contribution in [0.25, 0.3) is 0 Å². The molecule has 2 aromatic rings. The van der Waals surface area contributed by atoms with Crippen LogP contribution in [0.5, 0.6) is 0 Å². The van der Waals surface area contributed by atoms with Gasteiger partial charge in [-0.2, -0.15) is 0 Å². The van der Waals surface area contributed by atoms with Crippen molar-refractivity contribution < 1.29 is 34.0 Å². The number of carbonyl (C=O) groups is 2. The number of esters is 2. The third kappa shape index (κ3) is 3.91. The van der Waals surface area contributed by atoms with E-state index < -0.39 is 56.9 Å². The van der Waals surface area contributed by atoms with Gasteiger partial charge in [-0.1, -0.05) is 42.5 Å². The van der Waals surface area contributed by atoms with Crippen molar-refractivity contribution >= 4 is 17.6 Å². The largest absolute Gasteiger partial charge is 0.468 e. The van der Waals surface area contributed by atoms with E-state index in [1.807, 2.05) is 0 Å². The molecule has 4 atom stereocenters. The Morgan fingerprint density at radius 1 is 0.970 bits per heavy atom. The van der Waals surface area contributed by atoms with Gasteiger partial charge in [-0.25, -0.2) is 0 Å². The van der Waals surface area contributed by atoms with E-state index in [4.69, 9.17) is 9.47 Å². The van der Waals surface area contributed by atoms with E-state index in [9.17, 15) is 34.9 Å². The lowest BCUT2D eigenvalue weighted by molar-refractivity contribution is -0.538. The summed E-state index contributed by atoms with van der Waals surface area (Å²) in [4.78, 5) is 48.6. The lowest BCUT2D eigenvalue weighted by atomic mass is 9.56. The van der Waals surface area contributed by atoms with E-state index in [1.165, 1.54) is 18.2 Å². The number of aliphatic hydroxyl groups is 1. The third-order valence-electron chi connectivity index (χ3n) is 6.20. The Bertz CT molecular complexity index is 1060. The summed E-state index contributed by atoms with van der Waals surface area (Å²) in [5, 5.41) is 35.0. The molecule has 0 aliphatic heterocycles. The highest BCUT2D eigenvalue weighted by atomic mass is 16.6. The van der Waals surface area contributed by atoms with E-state index in [2.05, 4.69) is 0 Å². The first kappa shape index (κ1) is 23.8. The smallest absolute Gasteiger partial charge is 0.326 e. The highest BCUT2D eigenvalue weighted by molar-refractivity contribution is 6.02. The van der Waals surface area contributed by atoms with Gasteiger partial charge in [0.25, 0.3) is 5.69 Å². The quantitative estimate of drug-likeness (QED) is 0.296. The molecule has 1 fully saturated rings. The average molecular weight is 458 g/mol. The van der Waals surface area contributed by atoms with E-state index in [0.717, 1.165) is 20.3 Å². The van der Waals surface area contributed by atoms with Gasteiger partial charge < -0.3 is 14.6 Å². The van der Waals surface area contributed by atoms with Gasteiger partial charge in [0.15, 0.2) is 0 Å². The molecule has 1 aliphatic carbocycles. The van der Waals surface area contributed by atoms with Crippen LogP contribution in [0.15, 0.2) is 54.6 Å². The van der Waals surface area contributed by atoms with Crippen LogP contribution >= 0.6 is 0 Å². The number of hydrogen-bond acceptors (Lipinski definition) is 9. The van der Waals surface area contributed by atoms with Crippen LogP contribution in [0.2, 0.25) is 0 Å². The first-order valence-corrected chi connectivity index (χ1v) is 9.97. The molecule has 11 nitrogen and oxygen atoms in total. The summed E-state index contributed by atoms with van der Waals surface area (Å²) in [6.07, 6.45) is -2.05. The number of nitro groups is 2. The second-order valence-corrected chi connectivity index (χ2v) is 7.73. The normalized spacial score (nSPS) is 23.8. The van der Waals surface area contributed by atoms with E-state index in [-0.39, 0.29) is 12.0 Å². The molecule has 174 valence electrons. The fraction of sp³-hybridized carbons (Fsp3) is 0.364. The van der Waals surface area contributed by atoms with Gasteiger partial charge in [0.05, 0.1) is 37.1 Å². The summed E-state index contributed by atoms with van der Waals surface area (Å²) in [5.41, 5.74) is -2.44. The van der Waals surface area contributed by atoms with Crippen molar-refractivity contribution in [2.75, 3.05) is 14.2 Å². The maximum Gasteiger partial charge on any atom is 0.326 e. The van der Waals surface area contributed by atoms with Crippen LogP contribution in [-0.4, -0.2) is 53.3 Å². The maximum absolute atomic E-state index is 13.1. The molecule has 0 heterocycles. The van der Waals surface area contributed by atoms with E-state index >= 15 is 0 Å². The molecule has 1 saturated carbocycles. The molecule has 1 aliphatic rings. The monoisotopic (exact) mass is 458 g/mol. The second-order valence-electron chi connectivity index (χ2n) is 7.73. The molecular weight excluding hydrogens is 436 g/mol. The molecule has 1 N–H and O–H groups in total.